The van der Waals surface area contributed by atoms with Crippen LogP contribution in [0.2, 0.25) is 0 Å². The van der Waals surface area contributed by atoms with Crippen molar-refractivity contribution in [1.29, 1.82) is 0 Å². The van der Waals surface area contributed by atoms with Gasteiger partial charge >= 0.3 is 10.3 Å². The van der Waals surface area contributed by atoms with Crippen LogP contribution in [0.15, 0.2) is 0 Å². The van der Waals surface area contributed by atoms with E-state index in [1.165, 1.54) is 11.4 Å². The molecule has 0 spiro atoms. The number of likely N-dealkylation sites (N-methyl/N-ethyl adjacent to an activating group) is 1. The van der Waals surface area contributed by atoms with Gasteiger partial charge in [-0.15, -0.1) is 0 Å². The Hall–Kier alpha value is -0.130. The monoisotopic (exact) mass is 165 g/mol. The lowest BCUT2D eigenvalue weighted by Gasteiger charge is -2.11. The predicted molar refractivity (Wildman–Crippen MR) is 36.7 cm³/mol. The van der Waals surface area contributed by atoms with E-state index in [4.69, 9.17) is 0 Å². The molecule has 0 bridgehead atoms. The molecule has 4 nitrogen and oxygen atoms in total. The van der Waals surface area contributed by atoms with Crippen molar-refractivity contribution in [2.24, 2.45) is 0 Å². The van der Waals surface area contributed by atoms with Crippen LogP contribution in [-0.2, 0) is 14.5 Å². The van der Waals surface area contributed by atoms with Gasteiger partial charge in [-0.05, 0) is 6.42 Å². The highest BCUT2D eigenvalue weighted by Gasteiger charge is 2.33. The SMILES string of the molecule is CCC1COS(=O)(=O)N1C. The first-order chi connectivity index (χ1) is 4.58. The van der Waals surface area contributed by atoms with E-state index in [0.717, 1.165) is 6.42 Å². The highest BCUT2D eigenvalue weighted by molar-refractivity contribution is 7.84. The van der Waals surface area contributed by atoms with E-state index in [0.29, 0.717) is 6.61 Å². The van der Waals surface area contributed by atoms with Crippen molar-refractivity contribution in [1.82, 2.24) is 4.31 Å². The zero-order valence-corrected chi connectivity index (χ0v) is 6.89. The van der Waals surface area contributed by atoms with E-state index in [1.807, 2.05) is 6.92 Å². The van der Waals surface area contributed by atoms with Gasteiger partial charge in [0.05, 0.1) is 12.6 Å². The van der Waals surface area contributed by atoms with E-state index in [9.17, 15) is 8.42 Å². The molecule has 1 unspecified atom stereocenters. The van der Waals surface area contributed by atoms with Gasteiger partial charge in [-0.25, -0.2) is 0 Å². The summed E-state index contributed by atoms with van der Waals surface area (Å²) in [5, 5.41) is 0. The van der Waals surface area contributed by atoms with Gasteiger partial charge in [-0.2, -0.15) is 12.7 Å². The van der Waals surface area contributed by atoms with Gasteiger partial charge in [0.25, 0.3) is 0 Å². The third-order valence-electron chi connectivity index (χ3n) is 1.75. The summed E-state index contributed by atoms with van der Waals surface area (Å²) < 4.78 is 27.5. The average Bonchev–Trinajstić information content (AvgIpc) is 2.10. The molecule has 1 heterocycles. The molecule has 1 atom stereocenters. The molecule has 0 saturated carbocycles. The van der Waals surface area contributed by atoms with Crippen LogP contribution >= 0.6 is 0 Å². The minimum atomic E-state index is -3.35. The van der Waals surface area contributed by atoms with Gasteiger partial charge in [-0.3, -0.25) is 4.18 Å². The second kappa shape index (κ2) is 2.48. The van der Waals surface area contributed by atoms with Crippen LogP contribution < -0.4 is 0 Å². The van der Waals surface area contributed by atoms with Crippen LogP contribution in [0, 0.1) is 0 Å². The van der Waals surface area contributed by atoms with Gasteiger partial charge < -0.3 is 0 Å². The Morgan fingerprint density at radius 2 is 2.30 bits per heavy atom. The molecule has 0 aliphatic carbocycles. The number of hydrogen-bond acceptors (Lipinski definition) is 3. The predicted octanol–water partition coefficient (Wildman–Crippen LogP) is -0.0282. The molecule has 10 heavy (non-hydrogen) atoms. The summed E-state index contributed by atoms with van der Waals surface area (Å²) in [7, 11) is -1.81. The zero-order valence-electron chi connectivity index (χ0n) is 6.07. The lowest BCUT2D eigenvalue weighted by Crippen LogP contribution is -2.28. The van der Waals surface area contributed by atoms with Gasteiger partial charge in [0.1, 0.15) is 0 Å². The molecule has 0 N–H and O–H groups in total. The number of rotatable bonds is 1. The molecule has 1 fully saturated rings. The topological polar surface area (TPSA) is 46.6 Å². The van der Waals surface area contributed by atoms with Crippen LogP contribution in [0.1, 0.15) is 13.3 Å². The minimum absolute atomic E-state index is 0.0324. The summed E-state index contributed by atoms with van der Waals surface area (Å²) in [5.41, 5.74) is 0. The smallest absolute Gasteiger partial charge is 0.256 e. The maximum Gasteiger partial charge on any atom is 0.338 e. The van der Waals surface area contributed by atoms with E-state index >= 15 is 0 Å². The molecule has 0 radical (unpaired) electrons. The van der Waals surface area contributed by atoms with Gasteiger partial charge in [-0.1, -0.05) is 6.92 Å². The van der Waals surface area contributed by atoms with Crippen molar-refractivity contribution >= 4 is 10.3 Å². The van der Waals surface area contributed by atoms with Gasteiger partial charge in [0, 0.05) is 7.05 Å². The lowest BCUT2D eigenvalue weighted by atomic mass is 10.2. The molecule has 1 aliphatic heterocycles. The van der Waals surface area contributed by atoms with Crippen molar-refractivity contribution in [3.8, 4) is 0 Å². The van der Waals surface area contributed by atoms with E-state index in [1.54, 1.807) is 0 Å². The Labute approximate surface area is 61.0 Å². The van der Waals surface area contributed by atoms with Crippen LogP contribution in [0.25, 0.3) is 0 Å². The molecule has 0 aromatic rings. The highest BCUT2D eigenvalue weighted by Crippen LogP contribution is 2.17. The van der Waals surface area contributed by atoms with Crippen molar-refractivity contribution in [3.63, 3.8) is 0 Å². The summed E-state index contributed by atoms with van der Waals surface area (Å²) in [4.78, 5) is 0. The van der Waals surface area contributed by atoms with E-state index < -0.39 is 10.3 Å². The largest absolute Gasteiger partial charge is 0.338 e. The molecule has 0 aromatic carbocycles. The Kier molecular flexibility index (Phi) is 1.98. The van der Waals surface area contributed by atoms with Gasteiger partial charge in [0.15, 0.2) is 0 Å². The maximum atomic E-state index is 10.8. The Balaban J connectivity index is 2.77. The quantitative estimate of drug-likeness (QED) is 0.548. The first-order valence-corrected chi connectivity index (χ1v) is 4.57. The van der Waals surface area contributed by atoms with Crippen LogP contribution in [0.3, 0.4) is 0 Å². The molecular weight excluding hydrogens is 154 g/mol. The fraction of sp³-hybridized carbons (Fsp3) is 1.00. The molecule has 0 amide bonds. The van der Waals surface area contributed by atoms with Crippen LogP contribution in [0.5, 0.6) is 0 Å². The molecule has 60 valence electrons. The first kappa shape index (κ1) is 7.97. The van der Waals surface area contributed by atoms with Crippen molar-refractivity contribution in [2.45, 2.75) is 19.4 Å². The van der Waals surface area contributed by atoms with Crippen LogP contribution in [0.4, 0.5) is 0 Å². The minimum Gasteiger partial charge on any atom is -0.256 e. The Morgan fingerprint density at radius 1 is 1.70 bits per heavy atom. The van der Waals surface area contributed by atoms with Crippen molar-refractivity contribution < 1.29 is 12.6 Å². The first-order valence-electron chi connectivity index (χ1n) is 3.20. The highest BCUT2D eigenvalue weighted by atomic mass is 32.2. The van der Waals surface area contributed by atoms with Gasteiger partial charge in [0.2, 0.25) is 0 Å². The van der Waals surface area contributed by atoms with Crippen molar-refractivity contribution in [3.05, 3.63) is 0 Å². The van der Waals surface area contributed by atoms with E-state index in [2.05, 4.69) is 4.18 Å². The summed E-state index contributed by atoms with van der Waals surface area (Å²) >= 11 is 0. The number of nitrogens with zero attached hydrogens (tertiary/aromatic N) is 1. The number of hydrogen-bond donors (Lipinski definition) is 0. The molecule has 1 saturated heterocycles. The molecule has 1 aliphatic rings. The molecule has 5 heteroatoms. The Morgan fingerprint density at radius 3 is 2.50 bits per heavy atom. The second-order valence-electron chi connectivity index (χ2n) is 2.32. The fourth-order valence-corrected chi connectivity index (χ4v) is 1.98. The standard InChI is InChI=1S/C5H11NO3S/c1-3-5-4-9-10(7,8)6(5)2/h5H,3-4H2,1-2H3. The average molecular weight is 165 g/mol. The summed E-state index contributed by atoms with van der Waals surface area (Å²) in [6, 6.07) is 0.0324. The third kappa shape index (κ3) is 1.16. The third-order valence-corrected chi connectivity index (χ3v) is 3.19. The lowest BCUT2D eigenvalue weighted by molar-refractivity contribution is 0.318. The molecular formula is C5H11NO3S. The van der Waals surface area contributed by atoms with Crippen LogP contribution in [-0.4, -0.2) is 32.4 Å². The zero-order chi connectivity index (χ0) is 7.78. The summed E-state index contributed by atoms with van der Waals surface area (Å²) in [6.07, 6.45) is 0.801. The Bertz CT molecular complexity index is 211. The molecule has 1 rings (SSSR count). The summed E-state index contributed by atoms with van der Waals surface area (Å²) in [5.74, 6) is 0. The fourth-order valence-electron chi connectivity index (χ4n) is 0.910. The van der Waals surface area contributed by atoms with Crippen molar-refractivity contribution in [2.75, 3.05) is 13.7 Å². The maximum absolute atomic E-state index is 10.8. The summed E-state index contributed by atoms with van der Waals surface area (Å²) in [6.45, 7) is 2.24. The normalized spacial score (nSPS) is 32.8. The molecule has 0 aromatic heterocycles. The van der Waals surface area contributed by atoms with E-state index in [-0.39, 0.29) is 6.04 Å². The second-order valence-corrected chi connectivity index (χ2v) is 3.99.